The van der Waals surface area contributed by atoms with Gasteiger partial charge in [-0.25, -0.2) is 15.0 Å². The molecule has 0 bridgehead atoms. The lowest BCUT2D eigenvalue weighted by molar-refractivity contribution is -0.137. The van der Waals surface area contributed by atoms with Gasteiger partial charge in [-0.05, 0) is 56.5 Å². The van der Waals surface area contributed by atoms with Gasteiger partial charge in [0.1, 0.15) is 34.4 Å². The Morgan fingerprint density at radius 1 is 1.14 bits per heavy atom. The van der Waals surface area contributed by atoms with E-state index in [1.54, 1.807) is 25.4 Å². The Balaban J connectivity index is 1.36. The quantitative estimate of drug-likeness (QED) is 0.332. The van der Waals surface area contributed by atoms with Crippen LogP contribution in [0.1, 0.15) is 60.3 Å². The molecule has 5 heterocycles. The van der Waals surface area contributed by atoms with Gasteiger partial charge in [-0.2, -0.15) is 13.2 Å². The van der Waals surface area contributed by atoms with Gasteiger partial charge in [0.05, 0.1) is 12.2 Å². The van der Waals surface area contributed by atoms with Crippen molar-refractivity contribution in [1.82, 2.24) is 24.3 Å². The van der Waals surface area contributed by atoms with Crippen molar-refractivity contribution >= 4 is 29.0 Å². The summed E-state index contributed by atoms with van der Waals surface area (Å²) >= 11 is 0. The third-order valence-corrected chi connectivity index (χ3v) is 7.82. The molecule has 1 aromatic carbocycles. The average Bonchev–Trinajstić information content (AvgIpc) is 3.54. The number of alkyl halides is 3. The van der Waals surface area contributed by atoms with E-state index >= 15 is 0 Å². The van der Waals surface area contributed by atoms with Crippen molar-refractivity contribution in [1.29, 1.82) is 0 Å². The number of ether oxygens (including phenoxy) is 1. The Kier molecular flexibility index (Phi) is 6.95. The van der Waals surface area contributed by atoms with Crippen LogP contribution in [-0.2, 0) is 11.0 Å². The molecule has 2 unspecified atom stereocenters. The molecular formula is C29H28F3N7O3. The van der Waals surface area contributed by atoms with Crippen molar-refractivity contribution < 1.29 is 27.5 Å². The molecule has 13 heteroatoms. The topological polar surface area (TPSA) is 128 Å². The molecule has 0 saturated carbocycles. The molecule has 42 heavy (non-hydrogen) atoms. The molecular weight excluding hydrogens is 551 g/mol. The summed E-state index contributed by atoms with van der Waals surface area (Å²) in [7, 11) is 0. The number of amides is 2. The van der Waals surface area contributed by atoms with Gasteiger partial charge in [-0.15, -0.1) is 0 Å². The number of pyridine rings is 1. The van der Waals surface area contributed by atoms with E-state index in [4.69, 9.17) is 15.5 Å². The third-order valence-electron chi connectivity index (χ3n) is 7.82. The number of nitrogens with two attached hydrogens (primary N) is 1. The maximum absolute atomic E-state index is 13.1. The number of carbonyl (C=O) groups is 2. The van der Waals surface area contributed by atoms with Gasteiger partial charge in [0, 0.05) is 54.6 Å². The van der Waals surface area contributed by atoms with Crippen LogP contribution < -0.4 is 15.8 Å². The number of rotatable bonds is 6. The number of aromatic nitrogens is 4. The van der Waals surface area contributed by atoms with E-state index in [1.165, 1.54) is 12.1 Å². The van der Waals surface area contributed by atoms with Crippen LogP contribution in [0, 0.1) is 0 Å². The number of nitrogen functional groups attached to an aromatic ring is 1. The fraction of sp³-hybridized carbons (Fsp3) is 0.345. The monoisotopic (exact) mass is 579 g/mol. The summed E-state index contributed by atoms with van der Waals surface area (Å²) in [6, 6.07) is 6.59. The van der Waals surface area contributed by atoms with E-state index < -0.39 is 17.6 Å². The Bertz CT molecular complexity index is 1690. The highest BCUT2D eigenvalue weighted by Gasteiger charge is 2.38. The molecule has 2 fully saturated rings. The number of hydrogen-bond acceptors (Lipinski definition) is 7. The second-order valence-corrected chi connectivity index (χ2v) is 10.4. The fourth-order valence-electron chi connectivity index (χ4n) is 5.84. The number of carbonyl (C=O) groups excluding carboxylic acids is 2. The molecule has 10 nitrogen and oxygen atoms in total. The maximum atomic E-state index is 13.1. The second-order valence-electron chi connectivity index (χ2n) is 10.4. The Morgan fingerprint density at radius 2 is 1.98 bits per heavy atom. The molecule has 0 aliphatic carbocycles. The summed E-state index contributed by atoms with van der Waals surface area (Å²) in [5.41, 5.74) is 7.24. The lowest BCUT2D eigenvalue weighted by Gasteiger charge is -2.34. The van der Waals surface area contributed by atoms with Gasteiger partial charge in [-0.3, -0.25) is 14.0 Å². The molecule has 6 rings (SSSR count). The number of piperidine rings is 1. The molecule has 3 N–H and O–H groups in total. The van der Waals surface area contributed by atoms with Crippen LogP contribution in [0.5, 0.6) is 5.75 Å². The number of anilines is 2. The lowest BCUT2D eigenvalue weighted by Crippen LogP contribution is -2.41. The molecule has 2 aliphatic rings. The van der Waals surface area contributed by atoms with Crippen molar-refractivity contribution in [2.45, 2.75) is 50.7 Å². The standard InChI is InChI=1S/C29H28F3N7O3/c1-2-42-21-13-16(28(41)36-22-14-18(9-10-34-22)29(30,31)32)4-7-20(21)24-25-26(33)35-11-12-38(25)27(37-24)17-3-5-19-6-8-23(40)39(19)15-17/h4,7,9-14,17,19H,2-3,5-6,8,15H2,1H3,(H2,33,35)(H,34,36,41). The minimum Gasteiger partial charge on any atom is -0.493 e. The number of benzene rings is 1. The summed E-state index contributed by atoms with van der Waals surface area (Å²) in [6.45, 7) is 2.65. The number of fused-ring (bicyclic) bond motifs is 2. The highest BCUT2D eigenvalue weighted by molar-refractivity contribution is 6.04. The van der Waals surface area contributed by atoms with E-state index in [9.17, 15) is 22.8 Å². The molecule has 3 aromatic heterocycles. The molecule has 0 radical (unpaired) electrons. The van der Waals surface area contributed by atoms with Crippen LogP contribution in [0.4, 0.5) is 24.8 Å². The van der Waals surface area contributed by atoms with Crippen molar-refractivity contribution in [3.8, 4) is 17.0 Å². The van der Waals surface area contributed by atoms with Crippen LogP contribution in [0.25, 0.3) is 16.8 Å². The van der Waals surface area contributed by atoms with E-state index in [0.29, 0.717) is 35.5 Å². The van der Waals surface area contributed by atoms with Crippen molar-refractivity contribution in [2.75, 3.05) is 24.2 Å². The van der Waals surface area contributed by atoms with Crippen LogP contribution in [0.2, 0.25) is 0 Å². The zero-order valence-corrected chi connectivity index (χ0v) is 22.7. The van der Waals surface area contributed by atoms with E-state index in [2.05, 4.69) is 15.3 Å². The van der Waals surface area contributed by atoms with Crippen LogP contribution in [0.15, 0.2) is 48.9 Å². The maximum Gasteiger partial charge on any atom is 0.416 e. The molecule has 2 aliphatic heterocycles. The third kappa shape index (κ3) is 4.99. The largest absolute Gasteiger partial charge is 0.493 e. The molecule has 0 spiro atoms. The molecule has 2 saturated heterocycles. The predicted molar refractivity (Wildman–Crippen MR) is 148 cm³/mol. The lowest BCUT2D eigenvalue weighted by atomic mass is 9.92. The molecule has 2 amide bonds. The summed E-state index contributed by atoms with van der Waals surface area (Å²) in [4.78, 5) is 40.6. The zero-order valence-electron chi connectivity index (χ0n) is 22.7. The van der Waals surface area contributed by atoms with Gasteiger partial charge < -0.3 is 20.7 Å². The first-order valence-electron chi connectivity index (χ1n) is 13.7. The Hall–Kier alpha value is -4.68. The van der Waals surface area contributed by atoms with Gasteiger partial charge in [-0.1, -0.05) is 0 Å². The summed E-state index contributed by atoms with van der Waals surface area (Å²) in [5.74, 6) is 0.635. The summed E-state index contributed by atoms with van der Waals surface area (Å²) < 4.78 is 47.1. The Labute approximate surface area is 238 Å². The fourth-order valence-corrected chi connectivity index (χ4v) is 5.84. The normalized spacial score (nSPS) is 18.8. The van der Waals surface area contributed by atoms with E-state index in [1.807, 2.05) is 9.30 Å². The Morgan fingerprint density at radius 3 is 2.76 bits per heavy atom. The minimum absolute atomic E-state index is 0.00749. The van der Waals surface area contributed by atoms with Gasteiger partial charge in [0.2, 0.25) is 5.91 Å². The first kappa shape index (κ1) is 27.5. The average molecular weight is 580 g/mol. The number of nitrogens with zero attached hydrogens (tertiary/aromatic N) is 5. The molecule has 2 atom stereocenters. The SMILES string of the molecule is CCOc1cc(C(=O)Nc2cc(C(F)(F)F)ccn2)ccc1-c1nc(C2CCC3CCC(=O)N3C2)n2ccnc(N)c12. The molecule has 218 valence electrons. The number of imidazole rings is 1. The van der Waals surface area contributed by atoms with Crippen molar-refractivity contribution in [3.63, 3.8) is 0 Å². The highest BCUT2D eigenvalue weighted by atomic mass is 19.4. The van der Waals surface area contributed by atoms with Gasteiger partial charge in [0.25, 0.3) is 5.91 Å². The number of nitrogens with one attached hydrogen (secondary N) is 1. The number of hydrogen-bond donors (Lipinski definition) is 2. The van der Waals surface area contributed by atoms with Crippen LogP contribution in [0.3, 0.4) is 0 Å². The predicted octanol–water partition coefficient (Wildman–Crippen LogP) is 4.91. The van der Waals surface area contributed by atoms with Crippen molar-refractivity contribution in [2.24, 2.45) is 0 Å². The zero-order chi connectivity index (χ0) is 29.6. The first-order valence-corrected chi connectivity index (χ1v) is 13.7. The van der Waals surface area contributed by atoms with Gasteiger partial charge in [0.15, 0.2) is 0 Å². The molecule has 4 aromatic rings. The van der Waals surface area contributed by atoms with E-state index in [-0.39, 0.29) is 41.7 Å². The highest BCUT2D eigenvalue weighted by Crippen LogP contribution is 2.40. The smallest absolute Gasteiger partial charge is 0.416 e. The first-order chi connectivity index (χ1) is 20.1. The summed E-state index contributed by atoms with van der Waals surface area (Å²) in [5, 5.41) is 2.42. The van der Waals surface area contributed by atoms with Crippen molar-refractivity contribution in [3.05, 3.63) is 65.9 Å². The van der Waals surface area contributed by atoms with Gasteiger partial charge >= 0.3 is 6.18 Å². The van der Waals surface area contributed by atoms with E-state index in [0.717, 1.165) is 43.4 Å². The number of halogens is 3. The van der Waals surface area contributed by atoms with Crippen LogP contribution in [-0.4, -0.2) is 55.3 Å². The van der Waals surface area contributed by atoms with Crippen LogP contribution >= 0.6 is 0 Å². The summed E-state index contributed by atoms with van der Waals surface area (Å²) in [6.07, 6.45) is 3.03. The second kappa shape index (κ2) is 10.6. The minimum atomic E-state index is -4.57.